The normalized spacial score (nSPS) is 16.9. The molecule has 1 aliphatic heterocycles. The Hall–Kier alpha value is -0.620. The van der Waals surface area contributed by atoms with Crippen LogP contribution in [0.15, 0.2) is 22.7 Å². The molecule has 1 amide bonds. The SMILES string of the molecule is CNC(=O)CN1CCC(NCc2ccc(Cl)cc2Br)CC1. The standard InChI is InChI=1S/C15H21BrClN3O/c1-18-15(21)10-20-6-4-13(5-7-20)19-9-11-2-3-12(17)8-14(11)16/h2-3,8,13,19H,4-7,9-10H2,1H3,(H,18,21). The van der Waals surface area contributed by atoms with E-state index in [1.54, 1.807) is 7.05 Å². The Kier molecular flexibility index (Phi) is 6.48. The third-order valence-corrected chi connectivity index (χ3v) is 4.80. The van der Waals surface area contributed by atoms with Crippen molar-refractivity contribution >= 4 is 33.4 Å². The highest BCUT2D eigenvalue weighted by Crippen LogP contribution is 2.22. The molecule has 1 aromatic rings. The lowest BCUT2D eigenvalue weighted by Crippen LogP contribution is -2.45. The summed E-state index contributed by atoms with van der Waals surface area (Å²) >= 11 is 9.49. The number of rotatable bonds is 5. The number of benzene rings is 1. The Morgan fingerprint density at radius 2 is 2.14 bits per heavy atom. The number of nitrogens with one attached hydrogen (secondary N) is 2. The van der Waals surface area contributed by atoms with Gasteiger partial charge in [0.1, 0.15) is 0 Å². The predicted molar refractivity (Wildman–Crippen MR) is 89.5 cm³/mol. The van der Waals surface area contributed by atoms with Crippen LogP contribution >= 0.6 is 27.5 Å². The molecule has 0 spiro atoms. The van der Waals surface area contributed by atoms with E-state index in [0.717, 1.165) is 42.0 Å². The van der Waals surface area contributed by atoms with Gasteiger partial charge in [0, 0.05) is 42.2 Å². The quantitative estimate of drug-likeness (QED) is 0.832. The molecular weight excluding hydrogens is 354 g/mol. The van der Waals surface area contributed by atoms with Crippen molar-refractivity contribution in [1.82, 2.24) is 15.5 Å². The average Bonchev–Trinajstić information content (AvgIpc) is 2.48. The smallest absolute Gasteiger partial charge is 0.233 e. The molecule has 2 rings (SSSR count). The Morgan fingerprint density at radius 1 is 1.43 bits per heavy atom. The second-order valence-corrected chi connectivity index (χ2v) is 6.63. The van der Waals surface area contributed by atoms with E-state index in [2.05, 4.69) is 31.5 Å². The van der Waals surface area contributed by atoms with Gasteiger partial charge in [-0.25, -0.2) is 0 Å². The van der Waals surface area contributed by atoms with Gasteiger partial charge in [-0.05, 0) is 30.5 Å². The summed E-state index contributed by atoms with van der Waals surface area (Å²) in [6.45, 7) is 3.27. The number of likely N-dealkylation sites (tertiary alicyclic amines) is 1. The fourth-order valence-electron chi connectivity index (χ4n) is 2.50. The number of hydrogen-bond donors (Lipinski definition) is 2. The topological polar surface area (TPSA) is 44.4 Å². The summed E-state index contributed by atoms with van der Waals surface area (Å²) in [7, 11) is 1.68. The third kappa shape index (κ3) is 5.25. The van der Waals surface area contributed by atoms with Gasteiger partial charge in [0.2, 0.25) is 5.91 Å². The van der Waals surface area contributed by atoms with Gasteiger partial charge in [-0.3, -0.25) is 9.69 Å². The molecule has 0 unspecified atom stereocenters. The molecule has 0 bridgehead atoms. The van der Waals surface area contributed by atoms with Crippen LogP contribution in [-0.2, 0) is 11.3 Å². The minimum absolute atomic E-state index is 0.0894. The summed E-state index contributed by atoms with van der Waals surface area (Å²) in [4.78, 5) is 13.6. The van der Waals surface area contributed by atoms with E-state index in [1.165, 1.54) is 5.56 Å². The van der Waals surface area contributed by atoms with Crippen molar-refractivity contribution in [3.63, 3.8) is 0 Å². The van der Waals surface area contributed by atoms with E-state index in [9.17, 15) is 4.79 Å². The first-order valence-corrected chi connectivity index (χ1v) is 8.36. The largest absolute Gasteiger partial charge is 0.358 e. The molecule has 21 heavy (non-hydrogen) atoms. The molecule has 1 heterocycles. The molecule has 0 aliphatic carbocycles. The van der Waals surface area contributed by atoms with Crippen LogP contribution in [-0.4, -0.2) is 43.5 Å². The molecule has 2 N–H and O–H groups in total. The molecule has 1 fully saturated rings. The first-order valence-electron chi connectivity index (χ1n) is 7.18. The van der Waals surface area contributed by atoms with Gasteiger partial charge in [0.15, 0.2) is 0 Å². The fourth-order valence-corrected chi connectivity index (χ4v) is 3.32. The molecule has 0 atom stereocenters. The highest BCUT2D eigenvalue weighted by molar-refractivity contribution is 9.10. The highest BCUT2D eigenvalue weighted by atomic mass is 79.9. The highest BCUT2D eigenvalue weighted by Gasteiger charge is 2.20. The van der Waals surface area contributed by atoms with E-state index in [0.29, 0.717) is 12.6 Å². The number of carbonyl (C=O) groups excluding carboxylic acids is 1. The van der Waals surface area contributed by atoms with Gasteiger partial charge in [0.25, 0.3) is 0 Å². The summed E-state index contributed by atoms with van der Waals surface area (Å²) in [5.74, 6) is 0.0894. The molecule has 1 saturated heterocycles. The van der Waals surface area contributed by atoms with E-state index in [-0.39, 0.29) is 5.91 Å². The molecule has 0 saturated carbocycles. The maximum Gasteiger partial charge on any atom is 0.233 e. The lowest BCUT2D eigenvalue weighted by Gasteiger charge is -2.32. The molecule has 1 aliphatic rings. The van der Waals surface area contributed by atoms with Crippen molar-refractivity contribution in [2.24, 2.45) is 0 Å². The summed E-state index contributed by atoms with van der Waals surface area (Å²) < 4.78 is 1.04. The zero-order valence-corrected chi connectivity index (χ0v) is 14.5. The van der Waals surface area contributed by atoms with Gasteiger partial charge < -0.3 is 10.6 Å². The van der Waals surface area contributed by atoms with Crippen molar-refractivity contribution in [3.8, 4) is 0 Å². The third-order valence-electron chi connectivity index (χ3n) is 3.83. The number of hydrogen-bond acceptors (Lipinski definition) is 3. The van der Waals surface area contributed by atoms with Gasteiger partial charge >= 0.3 is 0 Å². The van der Waals surface area contributed by atoms with Crippen molar-refractivity contribution < 1.29 is 4.79 Å². The second-order valence-electron chi connectivity index (χ2n) is 5.34. The summed E-state index contributed by atoms with van der Waals surface area (Å²) in [5.41, 5.74) is 1.21. The fraction of sp³-hybridized carbons (Fsp3) is 0.533. The van der Waals surface area contributed by atoms with E-state index < -0.39 is 0 Å². The summed E-state index contributed by atoms with van der Waals surface area (Å²) in [6, 6.07) is 6.38. The summed E-state index contributed by atoms with van der Waals surface area (Å²) in [5, 5.41) is 7.00. The van der Waals surface area contributed by atoms with Crippen molar-refractivity contribution in [2.45, 2.75) is 25.4 Å². The minimum atomic E-state index is 0.0894. The average molecular weight is 375 g/mol. The summed E-state index contributed by atoms with van der Waals surface area (Å²) in [6.07, 6.45) is 2.14. The second kappa shape index (κ2) is 8.13. The van der Waals surface area contributed by atoms with E-state index in [4.69, 9.17) is 11.6 Å². The monoisotopic (exact) mass is 373 g/mol. The Balaban J connectivity index is 1.75. The van der Waals surface area contributed by atoms with Crippen LogP contribution in [0, 0.1) is 0 Å². The molecule has 0 radical (unpaired) electrons. The van der Waals surface area contributed by atoms with Crippen molar-refractivity contribution in [1.29, 1.82) is 0 Å². The zero-order valence-electron chi connectivity index (χ0n) is 12.2. The predicted octanol–water partition coefficient (Wildman–Crippen LogP) is 2.40. The number of nitrogens with zero attached hydrogens (tertiary/aromatic N) is 1. The van der Waals surface area contributed by atoms with Gasteiger partial charge in [-0.15, -0.1) is 0 Å². The first-order chi connectivity index (χ1) is 10.1. The van der Waals surface area contributed by atoms with Crippen LogP contribution in [0.2, 0.25) is 5.02 Å². The number of carbonyl (C=O) groups is 1. The van der Waals surface area contributed by atoms with Crippen LogP contribution in [0.4, 0.5) is 0 Å². The number of likely N-dealkylation sites (N-methyl/N-ethyl adjacent to an activating group) is 1. The lowest BCUT2D eigenvalue weighted by molar-refractivity contribution is -0.122. The maximum atomic E-state index is 11.4. The maximum absolute atomic E-state index is 11.4. The van der Waals surface area contributed by atoms with Crippen LogP contribution < -0.4 is 10.6 Å². The Morgan fingerprint density at radius 3 is 2.76 bits per heavy atom. The van der Waals surface area contributed by atoms with Crippen LogP contribution in [0.5, 0.6) is 0 Å². The van der Waals surface area contributed by atoms with Crippen molar-refractivity contribution in [2.75, 3.05) is 26.7 Å². The first kappa shape index (κ1) is 16.7. The zero-order chi connectivity index (χ0) is 15.2. The molecule has 116 valence electrons. The van der Waals surface area contributed by atoms with Gasteiger partial charge in [-0.1, -0.05) is 33.6 Å². The van der Waals surface area contributed by atoms with Crippen LogP contribution in [0.1, 0.15) is 18.4 Å². The van der Waals surface area contributed by atoms with Crippen molar-refractivity contribution in [3.05, 3.63) is 33.3 Å². The molecular formula is C15H21BrClN3O. The number of halogens is 2. The van der Waals surface area contributed by atoms with E-state index >= 15 is 0 Å². The molecule has 4 nitrogen and oxygen atoms in total. The molecule has 6 heteroatoms. The van der Waals surface area contributed by atoms with Crippen LogP contribution in [0.25, 0.3) is 0 Å². The number of piperidine rings is 1. The van der Waals surface area contributed by atoms with Crippen LogP contribution in [0.3, 0.4) is 0 Å². The van der Waals surface area contributed by atoms with E-state index in [1.807, 2.05) is 18.2 Å². The molecule has 1 aromatic carbocycles. The Bertz CT molecular complexity index is 490. The minimum Gasteiger partial charge on any atom is -0.358 e. The molecule has 0 aromatic heterocycles. The lowest BCUT2D eigenvalue weighted by atomic mass is 10.0. The Labute approximate surface area is 139 Å². The van der Waals surface area contributed by atoms with Gasteiger partial charge in [-0.2, -0.15) is 0 Å². The van der Waals surface area contributed by atoms with Gasteiger partial charge in [0.05, 0.1) is 6.54 Å². The number of amides is 1.